The minimum absolute atomic E-state index is 0.791. The van der Waals surface area contributed by atoms with E-state index in [0.29, 0.717) is 0 Å². The van der Waals surface area contributed by atoms with Gasteiger partial charge in [-0.2, -0.15) is 0 Å². The Kier molecular flexibility index (Phi) is 6.41. The van der Waals surface area contributed by atoms with Gasteiger partial charge in [-0.05, 0) is 51.1 Å². The van der Waals surface area contributed by atoms with Crippen LogP contribution in [0.15, 0.2) is 0 Å². The smallest absolute Gasteiger partial charge is 0.00950 e. The Morgan fingerprint density at radius 2 is 1.81 bits per heavy atom. The average Bonchev–Trinajstić information content (AvgIpc) is 2.40. The van der Waals surface area contributed by atoms with Crippen LogP contribution in [0.3, 0.4) is 0 Å². The molecule has 1 heteroatoms. The second-order valence-corrected chi connectivity index (χ2v) is 5.82. The summed E-state index contributed by atoms with van der Waals surface area (Å²) >= 11 is 0. The first kappa shape index (κ1) is 14.0. The van der Waals surface area contributed by atoms with E-state index in [-0.39, 0.29) is 0 Å². The molecule has 1 nitrogen and oxygen atoms in total. The fraction of sp³-hybridized carbons (Fsp3) is 1.00. The highest BCUT2D eigenvalue weighted by Crippen LogP contribution is 2.27. The largest absolute Gasteiger partial charge is 0.300 e. The molecule has 0 aliphatic carbocycles. The Morgan fingerprint density at radius 1 is 1.06 bits per heavy atom. The molecule has 0 saturated carbocycles. The number of nitrogens with zero attached hydrogens (tertiary/aromatic N) is 1. The number of rotatable bonds is 5. The highest BCUT2D eigenvalue weighted by Gasteiger charge is 2.26. The van der Waals surface area contributed by atoms with Gasteiger partial charge in [-0.1, -0.05) is 40.0 Å². The molecule has 96 valence electrons. The SMILES string of the molecule is CCCCCCN1CCCC(C)C(C)C1C. The van der Waals surface area contributed by atoms with Gasteiger partial charge in [0.15, 0.2) is 0 Å². The molecule has 0 amide bonds. The Hall–Kier alpha value is -0.0400. The summed E-state index contributed by atoms with van der Waals surface area (Å²) in [6.45, 7) is 12.3. The minimum Gasteiger partial charge on any atom is -0.300 e. The number of hydrogen-bond acceptors (Lipinski definition) is 1. The number of hydrogen-bond donors (Lipinski definition) is 0. The molecule has 1 heterocycles. The summed E-state index contributed by atoms with van der Waals surface area (Å²) in [7, 11) is 0. The van der Waals surface area contributed by atoms with Gasteiger partial charge in [0.1, 0.15) is 0 Å². The van der Waals surface area contributed by atoms with Crippen molar-refractivity contribution in [2.45, 2.75) is 72.3 Å². The zero-order valence-corrected chi connectivity index (χ0v) is 11.8. The molecule has 0 aromatic heterocycles. The predicted molar refractivity (Wildman–Crippen MR) is 72.7 cm³/mol. The second-order valence-electron chi connectivity index (χ2n) is 5.82. The molecule has 0 N–H and O–H groups in total. The van der Waals surface area contributed by atoms with E-state index in [2.05, 4.69) is 32.6 Å². The fourth-order valence-electron chi connectivity index (χ4n) is 2.95. The van der Waals surface area contributed by atoms with Gasteiger partial charge in [-0.25, -0.2) is 0 Å². The van der Waals surface area contributed by atoms with E-state index in [1.54, 1.807) is 0 Å². The van der Waals surface area contributed by atoms with Crippen LogP contribution in [0.2, 0.25) is 0 Å². The highest BCUT2D eigenvalue weighted by atomic mass is 15.2. The van der Waals surface area contributed by atoms with Crippen molar-refractivity contribution in [3.63, 3.8) is 0 Å². The fourth-order valence-corrected chi connectivity index (χ4v) is 2.95. The van der Waals surface area contributed by atoms with Gasteiger partial charge in [0.05, 0.1) is 0 Å². The molecule has 1 saturated heterocycles. The molecular formula is C15H31N. The van der Waals surface area contributed by atoms with Crippen molar-refractivity contribution >= 4 is 0 Å². The van der Waals surface area contributed by atoms with E-state index in [1.165, 1.54) is 51.6 Å². The van der Waals surface area contributed by atoms with Crippen LogP contribution in [0, 0.1) is 11.8 Å². The zero-order valence-electron chi connectivity index (χ0n) is 11.8. The van der Waals surface area contributed by atoms with Crippen LogP contribution in [0.5, 0.6) is 0 Å². The monoisotopic (exact) mass is 225 g/mol. The van der Waals surface area contributed by atoms with Crippen LogP contribution < -0.4 is 0 Å². The van der Waals surface area contributed by atoms with Crippen molar-refractivity contribution in [2.75, 3.05) is 13.1 Å². The summed E-state index contributed by atoms with van der Waals surface area (Å²) in [5, 5.41) is 0. The molecule has 0 aromatic carbocycles. The van der Waals surface area contributed by atoms with Crippen molar-refractivity contribution in [2.24, 2.45) is 11.8 Å². The van der Waals surface area contributed by atoms with Crippen molar-refractivity contribution in [1.82, 2.24) is 4.90 Å². The highest BCUT2D eigenvalue weighted by molar-refractivity contribution is 4.80. The van der Waals surface area contributed by atoms with Gasteiger partial charge in [-0.3, -0.25) is 0 Å². The Bertz CT molecular complexity index is 178. The second kappa shape index (κ2) is 7.32. The van der Waals surface area contributed by atoms with E-state index in [4.69, 9.17) is 0 Å². The normalized spacial score (nSPS) is 32.6. The Balaban J connectivity index is 2.33. The summed E-state index contributed by atoms with van der Waals surface area (Å²) in [5.74, 6) is 1.78. The topological polar surface area (TPSA) is 3.24 Å². The lowest BCUT2D eigenvalue weighted by molar-refractivity contribution is 0.157. The first-order valence-corrected chi connectivity index (χ1v) is 7.40. The van der Waals surface area contributed by atoms with Crippen molar-refractivity contribution in [3.05, 3.63) is 0 Å². The minimum atomic E-state index is 0.791. The standard InChI is InChI=1S/C15H31N/c1-5-6-7-8-11-16-12-9-10-13(2)14(3)15(16)4/h13-15H,5-12H2,1-4H3. The zero-order chi connectivity index (χ0) is 12.0. The maximum absolute atomic E-state index is 2.74. The van der Waals surface area contributed by atoms with Gasteiger partial charge >= 0.3 is 0 Å². The molecule has 1 rings (SSSR count). The van der Waals surface area contributed by atoms with E-state index in [9.17, 15) is 0 Å². The van der Waals surface area contributed by atoms with Gasteiger partial charge < -0.3 is 4.90 Å². The molecular weight excluding hydrogens is 194 g/mol. The summed E-state index contributed by atoms with van der Waals surface area (Å²) in [6.07, 6.45) is 8.42. The molecule has 1 fully saturated rings. The average molecular weight is 225 g/mol. The first-order valence-electron chi connectivity index (χ1n) is 7.40. The first-order chi connectivity index (χ1) is 7.66. The lowest BCUT2D eigenvalue weighted by Crippen LogP contribution is -2.38. The summed E-state index contributed by atoms with van der Waals surface area (Å²) in [4.78, 5) is 2.74. The van der Waals surface area contributed by atoms with E-state index in [1.807, 2.05) is 0 Å². The van der Waals surface area contributed by atoms with E-state index >= 15 is 0 Å². The third-order valence-corrected chi connectivity index (χ3v) is 4.64. The molecule has 0 spiro atoms. The third kappa shape index (κ3) is 4.08. The predicted octanol–water partition coefficient (Wildman–Crippen LogP) is 4.32. The summed E-state index contributed by atoms with van der Waals surface area (Å²) in [5.41, 5.74) is 0. The summed E-state index contributed by atoms with van der Waals surface area (Å²) < 4.78 is 0. The molecule has 16 heavy (non-hydrogen) atoms. The van der Waals surface area contributed by atoms with Gasteiger partial charge in [0.2, 0.25) is 0 Å². The molecule has 0 radical (unpaired) electrons. The van der Waals surface area contributed by atoms with Gasteiger partial charge in [0.25, 0.3) is 0 Å². The molecule has 0 bridgehead atoms. The molecule has 1 aliphatic rings. The lowest BCUT2D eigenvalue weighted by atomic mass is 9.88. The van der Waals surface area contributed by atoms with Gasteiger partial charge in [-0.15, -0.1) is 0 Å². The van der Waals surface area contributed by atoms with E-state index in [0.717, 1.165) is 17.9 Å². The summed E-state index contributed by atoms with van der Waals surface area (Å²) in [6, 6.07) is 0.791. The van der Waals surface area contributed by atoms with Crippen LogP contribution in [-0.4, -0.2) is 24.0 Å². The van der Waals surface area contributed by atoms with Crippen LogP contribution in [0.25, 0.3) is 0 Å². The van der Waals surface area contributed by atoms with E-state index < -0.39 is 0 Å². The van der Waals surface area contributed by atoms with Crippen LogP contribution >= 0.6 is 0 Å². The molecule has 0 aromatic rings. The lowest BCUT2D eigenvalue weighted by Gasteiger charge is -2.32. The maximum Gasteiger partial charge on any atom is 0.00950 e. The van der Waals surface area contributed by atoms with Crippen molar-refractivity contribution in [1.29, 1.82) is 0 Å². The number of unbranched alkanes of at least 4 members (excludes halogenated alkanes) is 3. The Labute approximate surface area is 103 Å². The maximum atomic E-state index is 2.74. The van der Waals surface area contributed by atoms with Gasteiger partial charge in [0, 0.05) is 6.04 Å². The van der Waals surface area contributed by atoms with Crippen molar-refractivity contribution in [3.8, 4) is 0 Å². The van der Waals surface area contributed by atoms with Crippen LogP contribution in [-0.2, 0) is 0 Å². The number of likely N-dealkylation sites (tertiary alicyclic amines) is 1. The molecule has 3 atom stereocenters. The van der Waals surface area contributed by atoms with Crippen molar-refractivity contribution < 1.29 is 0 Å². The Morgan fingerprint density at radius 3 is 2.50 bits per heavy atom. The third-order valence-electron chi connectivity index (χ3n) is 4.64. The van der Waals surface area contributed by atoms with Crippen LogP contribution in [0.4, 0.5) is 0 Å². The molecule has 1 aliphatic heterocycles. The molecule has 3 unspecified atom stereocenters. The quantitative estimate of drug-likeness (QED) is 0.630. The van der Waals surface area contributed by atoms with Crippen LogP contribution in [0.1, 0.15) is 66.2 Å².